The first-order valence-electron chi connectivity index (χ1n) is 20.9. The van der Waals surface area contributed by atoms with Gasteiger partial charge in [0.2, 0.25) is 0 Å². The highest BCUT2D eigenvalue weighted by molar-refractivity contribution is 8.00. The molecule has 9 aromatic carbocycles. The Bertz CT molecular complexity index is 3330. The number of para-hydroxylation sites is 1. The summed E-state index contributed by atoms with van der Waals surface area (Å²) in [6, 6.07) is 68.5. The van der Waals surface area contributed by atoms with Crippen LogP contribution in [-0.2, 0) is 6.42 Å². The molecule has 1 aliphatic carbocycles. The highest BCUT2D eigenvalue weighted by Crippen LogP contribution is 2.49. The monoisotopic (exact) mass is 771 g/mol. The number of aromatic nitrogens is 1. The molecule has 12 rings (SSSR count). The standard InChI is InChI=1S/C57H41NS/c1-2-11-38(12-3-1)40-14-10-15-41(34-40)45(42-24-29-47-43(35-42)25-31-48-46-16-5-4-13-39(46)23-30-49(47)48)27-21-37-22-28-51-50-17-6-8-19-54(50)58(55(51)33-37)44-26-32-57-53(36-44)52-18-7-9-20-56(52)59-57/h1-20,22-26,28-36,45,52,56H,21,27H2. The maximum atomic E-state index is 2.51. The topological polar surface area (TPSA) is 4.93 Å². The van der Waals surface area contributed by atoms with Crippen LogP contribution in [0.15, 0.2) is 211 Å². The van der Waals surface area contributed by atoms with Crippen LogP contribution in [0, 0.1) is 0 Å². The van der Waals surface area contributed by atoms with E-state index in [2.05, 4.69) is 211 Å². The van der Waals surface area contributed by atoms with Gasteiger partial charge in [-0.15, -0.1) is 11.8 Å². The number of hydrogen-bond donors (Lipinski definition) is 0. The van der Waals surface area contributed by atoms with Crippen LogP contribution in [0.25, 0.3) is 70.9 Å². The molecule has 3 unspecified atom stereocenters. The Morgan fingerprint density at radius 2 is 1.19 bits per heavy atom. The van der Waals surface area contributed by atoms with Gasteiger partial charge in [0.1, 0.15) is 0 Å². The number of allylic oxidation sites excluding steroid dienone is 3. The van der Waals surface area contributed by atoms with E-state index in [-0.39, 0.29) is 5.92 Å². The van der Waals surface area contributed by atoms with E-state index in [0.29, 0.717) is 11.2 Å². The van der Waals surface area contributed by atoms with Gasteiger partial charge < -0.3 is 4.57 Å². The fourth-order valence-electron chi connectivity index (χ4n) is 10.1. The molecule has 1 nitrogen and oxygen atoms in total. The number of fused-ring (bicyclic) bond motifs is 11. The number of hydrogen-bond acceptors (Lipinski definition) is 1. The Morgan fingerprint density at radius 1 is 0.475 bits per heavy atom. The summed E-state index contributed by atoms with van der Waals surface area (Å²) in [6.45, 7) is 0. The summed E-state index contributed by atoms with van der Waals surface area (Å²) < 4.78 is 2.51. The lowest BCUT2D eigenvalue weighted by molar-refractivity contribution is 0.716. The molecule has 0 bridgehead atoms. The normalized spacial score (nSPS) is 16.3. The second-order valence-electron chi connectivity index (χ2n) is 16.3. The molecule has 280 valence electrons. The number of benzene rings is 9. The smallest absolute Gasteiger partial charge is 0.0543 e. The van der Waals surface area contributed by atoms with Crippen molar-refractivity contribution in [2.24, 2.45) is 0 Å². The number of aryl methyl sites for hydroxylation is 1. The van der Waals surface area contributed by atoms with Gasteiger partial charge >= 0.3 is 0 Å². The van der Waals surface area contributed by atoms with Gasteiger partial charge in [0, 0.05) is 38.4 Å². The van der Waals surface area contributed by atoms with Crippen molar-refractivity contribution in [2.75, 3.05) is 0 Å². The number of rotatable bonds is 7. The van der Waals surface area contributed by atoms with E-state index in [1.807, 2.05) is 11.8 Å². The highest BCUT2D eigenvalue weighted by atomic mass is 32.2. The maximum Gasteiger partial charge on any atom is 0.0543 e. The van der Waals surface area contributed by atoms with Crippen LogP contribution >= 0.6 is 11.8 Å². The largest absolute Gasteiger partial charge is 0.309 e. The van der Waals surface area contributed by atoms with Crippen molar-refractivity contribution in [3.05, 3.63) is 229 Å². The molecule has 1 aromatic heterocycles. The third-order valence-corrected chi connectivity index (χ3v) is 14.3. The van der Waals surface area contributed by atoms with Crippen LogP contribution in [0.5, 0.6) is 0 Å². The van der Waals surface area contributed by atoms with Gasteiger partial charge in [-0.1, -0.05) is 176 Å². The SMILES string of the molecule is C1=CC2Sc3ccc(-n4c5ccccc5c5ccc(CCC(c6cccc(-c7ccccc7)c6)c6ccc7c(ccc8c9ccccc9ccc78)c6)cc54)cc3C2C=C1. The van der Waals surface area contributed by atoms with Crippen molar-refractivity contribution in [2.45, 2.75) is 34.8 Å². The van der Waals surface area contributed by atoms with Crippen LogP contribution in [0.2, 0.25) is 0 Å². The van der Waals surface area contributed by atoms with Crippen molar-refractivity contribution in [3.63, 3.8) is 0 Å². The van der Waals surface area contributed by atoms with E-state index < -0.39 is 0 Å². The molecule has 59 heavy (non-hydrogen) atoms. The Labute approximate surface area is 349 Å². The van der Waals surface area contributed by atoms with E-state index in [9.17, 15) is 0 Å². The van der Waals surface area contributed by atoms with Crippen molar-refractivity contribution >= 4 is 65.9 Å². The average molecular weight is 772 g/mol. The van der Waals surface area contributed by atoms with Crippen molar-refractivity contribution in [3.8, 4) is 16.8 Å². The van der Waals surface area contributed by atoms with Crippen LogP contribution < -0.4 is 0 Å². The summed E-state index contributed by atoms with van der Waals surface area (Å²) >= 11 is 1.99. The lowest BCUT2D eigenvalue weighted by atomic mass is 9.84. The first kappa shape index (κ1) is 34.4. The zero-order chi connectivity index (χ0) is 38.9. The zero-order valence-corrected chi connectivity index (χ0v) is 33.4. The molecule has 2 heteroatoms. The van der Waals surface area contributed by atoms with E-state index in [1.54, 1.807) is 0 Å². The number of thioether (sulfide) groups is 1. The maximum absolute atomic E-state index is 2.51. The summed E-state index contributed by atoms with van der Waals surface area (Å²) in [5.74, 6) is 0.645. The molecule has 3 atom stereocenters. The molecular formula is C57H41NS. The van der Waals surface area contributed by atoms with Gasteiger partial charge in [-0.2, -0.15) is 0 Å². The summed E-state index contributed by atoms with van der Waals surface area (Å²) in [7, 11) is 0. The van der Waals surface area contributed by atoms with E-state index in [4.69, 9.17) is 0 Å². The minimum Gasteiger partial charge on any atom is -0.309 e. The quantitative estimate of drug-likeness (QED) is 0.146. The average Bonchev–Trinajstić information content (AvgIpc) is 3.84. The van der Waals surface area contributed by atoms with Crippen LogP contribution in [0.3, 0.4) is 0 Å². The zero-order valence-electron chi connectivity index (χ0n) is 32.6. The molecule has 2 aliphatic rings. The third-order valence-electron chi connectivity index (χ3n) is 13.0. The summed E-state index contributed by atoms with van der Waals surface area (Å²) in [5, 5.41) is 10.9. The third kappa shape index (κ3) is 5.85. The summed E-state index contributed by atoms with van der Waals surface area (Å²) in [6.07, 6.45) is 11.1. The molecule has 1 aliphatic heterocycles. The highest BCUT2D eigenvalue weighted by Gasteiger charge is 2.31. The van der Waals surface area contributed by atoms with Gasteiger partial charge in [-0.25, -0.2) is 0 Å². The molecule has 10 aromatic rings. The van der Waals surface area contributed by atoms with Crippen molar-refractivity contribution < 1.29 is 0 Å². The Kier molecular flexibility index (Phi) is 8.20. The van der Waals surface area contributed by atoms with Crippen LogP contribution in [0.1, 0.15) is 40.5 Å². The van der Waals surface area contributed by atoms with Gasteiger partial charge in [-0.3, -0.25) is 0 Å². The minimum absolute atomic E-state index is 0.219. The minimum atomic E-state index is 0.219. The Hall–Kier alpha value is -6.61. The first-order chi connectivity index (χ1) is 29.2. The molecule has 0 spiro atoms. The van der Waals surface area contributed by atoms with Crippen LogP contribution in [0.4, 0.5) is 0 Å². The first-order valence-corrected chi connectivity index (χ1v) is 21.8. The molecule has 0 fully saturated rings. The summed E-state index contributed by atoms with van der Waals surface area (Å²) in [5.41, 5.74) is 11.8. The molecule has 0 N–H and O–H groups in total. The fourth-order valence-corrected chi connectivity index (χ4v) is 11.4. The second kappa shape index (κ2) is 14.0. The van der Waals surface area contributed by atoms with Gasteiger partial charge in [0.15, 0.2) is 0 Å². The van der Waals surface area contributed by atoms with Gasteiger partial charge in [0.05, 0.1) is 11.0 Å². The lowest BCUT2D eigenvalue weighted by Crippen LogP contribution is -2.07. The van der Waals surface area contributed by atoms with Crippen molar-refractivity contribution in [1.82, 2.24) is 4.57 Å². The molecule has 0 radical (unpaired) electrons. The summed E-state index contributed by atoms with van der Waals surface area (Å²) in [4.78, 5) is 1.40. The van der Waals surface area contributed by atoms with Gasteiger partial charge in [-0.05, 0) is 109 Å². The fraction of sp³-hybridized carbons (Fsp3) is 0.0877. The Morgan fingerprint density at radius 3 is 2.10 bits per heavy atom. The second-order valence-corrected chi connectivity index (χ2v) is 17.5. The van der Waals surface area contributed by atoms with Crippen molar-refractivity contribution in [1.29, 1.82) is 0 Å². The van der Waals surface area contributed by atoms with E-state index in [1.165, 1.54) is 98.1 Å². The molecule has 0 saturated heterocycles. The predicted octanol–water partition coefficient (Wildman–Crippen LogP) is 15.4. The molecule has 0 saturated carbocycles. The molecule has 0 amide bonds. The molecular weight excluding hydrogens is 731 g/mol. The molecule has 2 heterocycles. The lowest BCUT2D eigenvalue weighted by Gasteiger charge is -2.21. The number of nitrogens with zero attached hydrogens (tertiary/aromatic N) is 1. The van der Waals surface area contributed by atoms with E-state index >= 15 is 0 Å². The van der Waals surface area contributed by atoms with E-state index in [0.717, 1.165) is 12.8 Å². The Balaban J connectivity index is 0.950. The van der Waals surface area contributed by atoms with Gasteiger partial charge in [0.25, 0.3) is 0 Å². The van der Waals surface area contributed by atoms with Crippen LogP contribution in [-0.4, -0.2) is 9.82 Å². The predicted molar refractivity (Wildman–Crippen MR) is 252 cm³/mol.